The second-order valence-electron chi connectivity index (χ2n) is 6.94. The van der Waals surface area contributed by atoms with Crippen molar-refractivity contribution in [2.24, 2.45) is 5.92 Å². The SMILES string of the molecule is Cc1c(C)c(C)c(-c2ccc(C3CC3C)cc2)c(C)c1C. The van der Waals surface area contributed by atoms with Gasteiger partial charge in [0.2, 0.25) is 0 Å². The molecular weight excluding hydrogens is 252 g/mol. The predicted molar refractivity (Wildman–Crippen MR) is 92.1 cm³/mol. The first kappa shape index (κ1) is 14.4. The molecule has 1 aliphatic carbocycles. The Labute approximate surface area is 129 Å². The fourth-order valence-corrected chi connectivity index (χ4v) is 3.62. The molecule has 2 aromatic rings. The molecule has 2 unspecified atom stereocenters. The predicted octanol–water partition coefficient (Wildman–Crippen LogP) is 6.02. The molecular formula is C21H26. The van der Waals surface area contributed by atoms with Crippen molar-refractivity contribution in [3.05, 3.63) is 57.6 Å². The Hall–Kier alpha value is -1.56. The van der Waals surface area contributed by atoms with E-state index in [4.69, 9.17) is 0 Å². The molecule has 0 heterocycles. The van der Waals surface area contributed by atoms with Crippen molar-refractivity contribution in [3.8, 4) is 11.1 Å². The molecule has 0 saturated heterocycles. The van der Waals surface area contributed by atoms with Gasteiger partial charge in [-0.3, -0.25) is 0 Å². The van der Waals surface area contributed by atoms with Crippen LogP contribution < -0.4 is 0 Å². The molecule has 21 heavy (non-hydrogen) atoms. The summed E-state index contributed by atoms with van der Waals surface area (Å²) in [7, 11) is 0. The van der Waals surface area contributed by atoms with Crippen molar-refractivity contribution >= 4 is 0 Å². The lowest BCUT2D eigenvalue weighted by Crippen LogP contribution is -1.99. The molecule has 1 fully saturated rings. The van der Waals surface area contributed by atoms with Crippen molar-refractivity contribution < 1.29 is 0 Å². The molecule has 0 amide bonds. The molecule has 3 rings (SSSR count). The minimum absolute atomic E-state index is 0.808. The minimum atomic E-state index is 0.808. The fraction of sp³-hybridized carbons (Fsp3) is 0.429. The topological polar surface area (TPSA) is 0 Å². The summed E-state index contributed by atoms with van der Waals surface area (Å²) in [4.78, 5) is 0. The Morgan fingerprint density at radius 3 is 1.57 bits per heavy atom. The Balaban J connectivity index is 2.08. The Bertz CT molecular complexity index is 660. The van der Waals surface area contributed by atoms with Gasteiger partial charge in [0.05, 0.1) is 0 Å². The molecule has 1 saturated carbocycles. The summed E-state index contributed by atoms with van der Waals surface area (Å²) in [5.74, 6) is 1.69. The maximum Gasteiger partial charge on any atom is -0.0120 e. The van der Waals surface area contributed by atoms with E-state index >= 15 is 0 Å². The molecule has 0 nitrogen and oxygen atoms in total. The maximum absolute atomic E-state index is 2.35. The standard InChI is InChI=1S/C21H26/c1-12-11-20(12)18-7-9-19(10-8-18)21-16(5)14(3)13(2)15(4)17(21)6/h7-10,12,20H,11H2,1-6H3. The van der Waals surface area contributed by atoms with E-state index in [1.165, 1.54) is 50.9 Å². The lowest BCUT2D eigenvalue weighted by Gasteiger charge is -2.19. The highest BCUT2D eigenvalue weighted by Crippen LogP contribution is 2.47. The van der Waals surface area contributed by atoms with E-state index in [0.717, 1.165) is 11.8 Å². The second-order valence-corrected chi connectivity index (χ2v) is 6.94. The second kappa shape index (κ2) is 5.02. The third kappa shape index (κ3) is 2.31. The summed E-state index contributed by atoms with van der Waals surface area (Å²) in [6.45, 7) is 13.6. The third-order valence-corrected chi connectivity index (χ3v) is 5.74. The molecule has 1 aliphatic rings. The average molecular weight is 278 g/mol. The lowest BCUT2D eigenvalue weighted by molar-refractivity contribution is 0.915. The first-order valence-electron chi connectivity index (χ1n) is 8.09. The van der Waals surface area contributed by atoms with Crippen LogP contribution in [0.25, 0.3) is 11.1 Å². The number of hydrogen-bond donors (Lipinski definition) is 0. The van der Waals surface area contributed by atoms with Crippen molar-refractivity contribution in [1.82, 2.24) is 0 Å². The molecule has 2 atom stereocenters. The van der Waals surface area contributed by atoms with Crippen molar-refractivity contribution in [3.63, 3.8) is 0 Å². The minimum Gasteiger partial charge on any atom is -0.0619 e. The van der Waals surface area contributed by atoms with Crippen LogP contribution in [-0.2, 0) is 0 Å². The summed E-state index contributed by atoms with van der Waals surface area (Å²) >= 11 is 0. The monoisotopic (exact) mass is 278 g/mol. The van der Waals surface area contributed by atoms with Crippen LogP contribution in [-0.4, -0.2) is 0 Å². The molecule has 110 valence electrons. The van der Waals surface area contributed by atoms with Gasteiger partial charge in [-0.1, -0.05) is 31.2 Å². The highest BCUT2D eigenvalue weighted by atomic mass is 14.4. The van der Waals surface area contributed by atoms with Gasteiger partial charge in [-0.05, 0) is 97.4 Å². The number of hydrogen-bond acceptors (Lipinski definition) is 0. The van der Waals surface area contributed by atoms with Crippen molar-refractivity contribution in [1.29, 1.82) is 0 Å². The molecule has 0 aromatic heterocycles. The van der Waals surface area contributed by atoms with Gasteiger partial charge >= 0.3 is 0 Å². The molecule has 0 bridgehead atoms. The van der Waals surface area contributed by atoms with Crippen LogP contribution in [0.1, 0.15) is 52.6 Å². The summed E-state index contributed by atoms with van der Waals surface area (Å²) < 4.78 is 0. The van der Waals surface area contributed by atoms with Gasteiger partial charge in [-0.2, -0.15) is 0 Å². The summed E-state index contributed by atoms with van der Waals surface area (Å²) in [6, 6.07) is 9.33. The maximum atomic E-state index is 2.35. The number of rotatable bonds is 2. The van der Waals surface area contributed by atoms with Gasteiger partial charge in [0.1, 0.15) is 0 Å². The molecule has 0 heteroatoms. The first-order chi connectivity index (χ1) is 9.91. The van der Waals surface area contributed by atoms with E-state index in [2.05, 4.69) is 65.8 Å². The van der Waals surface area contributed by atoms with E-state index in [0.29, 0.717) is 0 Å². The van der Waals surface area contributed by atoms with Crippen molar-refractivity contribution in [2.45, 2.75) is 53.9 Å². The third-order valence-electron chi connectivity index (χ3n) is 5.74. The Morgan fingerprint density at radius 1 is 0.714 bits per heavy atom. The summed E-state index contributed by atoms with van der Waals surface area (Å²) in [5, 5.41) is 0. The van der Waals surface area contributed by atoms with Gasteiger partial charge in [-0.25, -0.2) is 0 Å². The van der Waals surface area contributed by atoms with Crippen LogP contribution in [0.15, 0.2) is 24.3 Å². The van der Waals surface area contributed by atoms with E-state index < -0.39 is 0 Å². The quantitative estimate of drug-likeness (QED) is 0.630. The van der Waals surface area contributed by atoms with Gasteiger partial charge in [-0.15, -0.1) is 0 Å². The van der Waals surface area contributed by atoms with Crippen molar-refractivity contribution in [2.75, 3.05) is 0 Å². The average Bonchev–Trinajstić information content (AvgIpc) is 3.21. The van der Waals surface area contributed by atoms with E-state index in [1.54, 1.807) is 0 Å². The normalized spacial score (nSPS) is 20.7. The Morgan fingerprint density at radius 2 is 1.14 bits per heavy atom. The fourth-order valence-electron chi connectivity index (χ4n) is 3.62. The molecule has 0 aliphatic heterocycles. The summed E-state index contributed by atoms with van der Waals surface area (Å²) in [6.07, 6.45) is 1.36. The zero-order chi connectivity index (χ0) is 15.3. The van der Waals surface area contributed by atoms with E-state index in [9.17, 15) is 0 Å². The van der Waals surface area contributed by atoms with Gasteiger partial charge in [0, 0.05) is 0 Å². The van der Waals surface area contributed by atoms with Crippen LogP contribution in [0.3, 0.4) is 0 Å². The van der Waals surface area contributed by atoms with E-state index in [1.807, 2.05) is 0 Å². The first-order valence-corrected chi connectivity index (χ1v) is 8.09. The largest absolute Gasteiger partial charge is 0.0619 e. The van der Waals surface area contributed by atoms with Gasteiger partial charge in [0.15, 0.2) is 0 Å². The zero-order valence-corrected chi connectivity index (χ0v) is 14.2. The van der Waals surface area contributed by atoms with Gasteiger partial charge in [0.25, 0.3) is 0 Å². The van der Waals surface area contributed by atoms with Crippen LogP contribution in [0, 0.1) is 40.5 Å². The number of benzene rings is 2. The van der Waals surface area contributed by atoms with Gasteiger partial charge < -0.3 is 0 Å². The molecule has 0 radical (unpaired) electrons. The molecule has 2 aromatic carbocycles. The zero-order valence-electron chi connectivity index (χ0n) is 14.2. The van der Waals surface area contributed by atoms with Crippen LogP contribution >= 0.6 is 0 Å². The van der Waals surface area contributed by atoms with Crippen LogP contribution in [0.4, 0.5) is 0 Å². The van der Waals surface area contributed by atoms with Crippen LogP contribution in [0.5, 0.6) is 0 Å². The molecule has 0 N–H and O–H groups in total. The highest BCUT2D eigenvalue weighted by molar-refractivity contribution is 5.74. The van der Waals surface area contributed by atoms with E-state index in [-0.39, 0.29) is 0 Å². The molecule has 0 spiro atoms. The van der Waals surface area contributed by atoms with Crippen LogP contribution in [0.2, 0.25) is 0 Å². The summed E-state index contributed by atoms with van der Waals surface area (Å²) in [5.41, 5.74) is 11.5. The smallest absolute Gasteiger partial charge is 0.0120 e. The Kier molecular flexibility index (Phi) is 3.43. The lowest BCUT2D eigenvalue weighted by atomic mass is 9.86. The highest BCUT2D eigenvalue weighted by Gasteiger charge is 2.33.